The average molecular weight is 213 g/mol. The van der Waals surface area contributed by atoms with Gasteiger partial charge >= 0.3 is 0 Å². The third kappa shape index (κ3) is 4.15. The Bertz CT molecular complexity index is 258. The number of hydrogen-bond donors (Lipinski definition) is 1. The summed E-state index contributed by atoms with van der Waals surface area (Å²) in [6.07, 6.45) is 7.38. The average Bonchev–Trinajstić information content (AvgIpc) is 2.51. The minimum atomic E-state index is 0.341. The quantitative estimate of drug-likeness (QED) is 0.581. The van der Waals surface area contributed by atoms with E-state index in [1.54, 1.807) is 0 Å². The van der Waals surface area contributed by atoms with Gasteiger partial charge in [0.05, 0.1) is 0 Å². The van der Waals surface area contributed by atoms with E-state index in [0.717, 1.165) is 17.3 Å². The Hall–Kier alpha value is -0.480. The maximum absolute atomic E-state index is 5.67. The van der Waals surface area contributed by atoms with E-state index >= 15 is 0 Å². The van der Waals surface area contributed by atoms with Crippen LogP contribution in [0.1, 0.15) is 26.2 Å². The molecule has 1 unspecified atom stereocenters. The SMILES string of the molecule is CC(N)CCCCSc1nccn1C. The van der Waals surface area contributed by atoms with E-state index in [4.69, 9.17) is 5.73 Å². The number of aryl methyl sites for hydroxylation is 1. The fourth-order valence-corrected chi connectivity index (χ4v) is 2.15. The Kier molecular flexibility index (Phi) is 5.04. The molecule has 4 heteroatoms. The van der Waals surface area contributed by atoms with Gasteiger partial charge in [0.2, 0.25) is 0 Å². The first-order chi connectivity index (χ1) is 6.70. The number of imidazole rings is 1. The molecule has 80 valence electrons. The number of rotatable bonds is 6. The molecule has 1 atom stereocenters. The number of nitrogens with two attached hydrogens (primary N) is 1. The van der Waals surface area contributed by atoms with Gasteiger partial charge in [-0.05, 0) is 19.8 Å². The third-order valence-corrected chi connectivity index (χ3v) is 3.21. The molecule has 0 spiro atoms. The molecule has 14 heavy (non-hydrogen) atoms. The Morgan fingerprint density at radius 2 is 2.36 bits per heavy atom. The van der Waals surface area contributed by atoms with Crippen LogP contribution in [0.3, 0.4) is 0 Å². The van der Waals surface area contributed by atoms with Gasteiger partial charge in [-0.2, -0.15) is 0 Å². The highest BCUT2D eigenvalue weighted by Gasteiger charge is 1.99. The molecule has 0 radical (unpaired) electrons. The molecule has 0 aliphatic carbocycles. The first kappa shape index (κ1) is 11.6. The summed E-state index contributed by atoms with van der Waals surface area (Å²) in [5.41, 5.74) is 5.67. The van der Waals surface area contributed by atoms with Crippen LogP contribution >= 0.6 is 11.8 Å². The fraction of sp³-hybridized carbons (Fsp3) is 0.700. The van der Waals surface area contributed by atoms with Crippen molar-refractivity contribution in [3.05, 3.63) is 12.4 Å². The monoisotopic (exact) mass is 213 g/mol. The standard InChI is InChI=1S/C10H19N3S/c1-9(11)5-3-4-8-14-10-12-6-7-13(10)2/h6-7,9H,3-5,8,11H2,1-2H3. The minimum absolute atomic E-state index is 0.341. The second kappa shape index (κ2) is 6.09. The van der Waals surface area contributed by atoms with E-state index in [1.807, 2.05) is 31.2 Å². The lowest BCUT2D eigenvalue weighted by Crippen LogP contribution is -2.14. The summed E-state index contributed by atoms with van der Waals surface area (Å²) in [6.45, 7) is 2.06. The largest absolute Gasteiger partial charge is 0.329 e. The first-order valence-corrected chi connectivity index (χ1v) is 6.04. The van der Waals surface area contributed by atoms with Gasteiger partial charge in [-0.1, -0.05) is 18.2 Å². The Morgan fingerprint density at radius 3 is 2.93 bits per heavy atom. The lowest BCUT2D eigenvalue weighted by Gasteiger charge is -2.04. The van der Waals surface area contributed by atoms with E-state index in [2.05, 4.69) is 16.5 Å². The van der Waals surface area contributed by atoms with Gasteiger partial charge in [0.25, 0.3) is 0 Å². The van der Waals surface area contributed by atoms with Crippen LogP contribution in [0.15, 0.2) is 17.6 Å². The smallest absolute Gasteiger partial charge is 0.167 e. The molecular weight excluding hydrogens is 194 g/mol. The zero-order valence-corrected chi connectivity index (χ0v) is 9.76. The second-order valence-electron chi connectivity index (χ2n) is 3.64. The molecule has 0 saturated heterocycles. The summed E-state index contributed by atoms with van der Waals surface area (Å²) >= 11 is 1.82. The Balaban J connectivity index is 2.08. The van der Waals surface area contributed by atoms with Crippen LogP contribution in [0.5, 0.6) is 0 Å². The highest BCUT2D eigenvalue weighted by molar-refractivity contribution is 7.99. The van der Waals surface area contributed by atoms with Crippen molar-refractivity contribution in [2.75, 3.05) is 5.75 Å². The van der Waals surface area contributed by atoms with Crippen molar-refractivity contribution in [1.82, 2.24) is 9.55 Å². The molecule has 1 heterocycles. The molecule has 1 rings (SSSR count). The van der Waals surface area contributed by atoms with Gasteiger partial charge in [0.15, 0.2) is 5.16 Å². The van der Waals surface area contributed by atoms with Crippen LogP contribution in [-0.4, -0.2) is 21.3 Å². The van der Waals surface area contributed by atoms with Crippen LogP contribution < -0.4 is 5.73 Å². The summed E-state index contributed by atoms with van der Waals surface area (Å²) in [7, 11) is 2.03. The second-order valence-corrected chi connectivity index (χ2v) is 4.70. The third-order valence-electron chi connectivity index (χ3n) is 2.06. The van der Waals surface area contributed by atoms with E-state index in [9.17, 15) is 0 Å². The van der Waals surface area contributed by atoms with Gasteiger partial charge in [-0.25, -0.2) is 4.98 Å². The molecule has 0 fully saturated rings. The predicted molar refractivity (Wildman–Crippen MR) is 61.4 cm³/mol. The number of thioether (sulfide) groups is 1. The molecule has 0 bridgehead atoms. The van der Waals surface area contributed by atoms with Gasteiger partial charge in [0, 0.05) is 31.2 Å². The topological polar surface area (TPSA) is 43.8 Å². The summed E-state index contributed by atoms with van der Waals surface area (Å²) < 4.78 is 2.05. The highest BCUT2D eigenvalue weighted by atomic mass is 32.2. The van der Waals surface area contributed by atoms with Gasteiger partial charge in [0.1, 0.15) is 0 Å². The molecule has 0 saturated carbocycles. The van der Waals surface area contributed by atoms with E-state index in [1.165, 1.54) is 12.8 Å². The van der Waals surface area contributed by atoms with Crippen molar-refractivity contribution in [1.29, 1.82) is 0 Å². The molecule has 3 nitrogen and oxygen atoms in total. The maximum Gasteiger partial charge on any atom is 0.167 e. The van der Waals surface area contributed by atoms with Crippen molar-refractivity contribution in [2.45, 2.75) is 37.4 Å². The number of hydrogen-bond acceptors (Lipinski definition) is 3. The van der Waals surface area contributed by atoms with Crippen molar-refractivity contribution >= 4 is 11.8 Å². The van der Waals surface area contributed by atoms with Crippen molar-refractivity contribution in [2.24, 2.45) is 12.8 Å². The van der Waals surface area contributed by atoms with Crippen molar-refractivity contribution < 1.29 is 0 Å². The lowest BCUT2D eigenvalue weighted by atomic mass is 10.2. The van der Waals surface area contributed by atoms with Crippen molar-refractivity contribution in [3.63, 3.8) is 0 Å². The van der Waals surface area contributed by atoms with Crippen LogP contribution in [0.4, 0.5) is 0 Å². The normalized spacial score (nSPS) is 13.1. The van der Waals surface area contributed by atoms with Crippen LogP contribution in [0.25, 0.3) is 0 Å². The van der Waals surface area contributed by atoms with Gasteiger partial charge in [-0.15, -0.1) is 0 Å². The zero-order valence-electron chi connectivity index (χ0n) is 8.94. The summed E-state index contributed by atoms with van der Waals surface area (Å²) in [5.74, 6) is 1.14. The van der Waals surface area contributed by atoms with Gasteiger partial charge in [-0.3, -0.25) is 0 Å². The molecule has 1 aromatic rings. The molecule has 0 aliphatic rings. The lowest BCUT2D eigenvalue weighted by molar-refractivity contribution is 0.618. The summed E-state index contributed by atoms with van der Waals surface area (Å²) in [6, 6.07) is 0.341. The highest BCUT2D eigenvalue weighted by Crippen LogP contribution is 2.16. The minimum Gasteiger partial charge on any atom is -0.329 e. The van der Waals surface area contributed by atoms with Crippen LogP contribution in [-0.2, 0) is 7.05 Å². The molecule has 0 aliphatic heterocycles. The molecule has 2 N–H and O–H groups in total. The maximum atomic E-state index is 5.67. The molecule has 0 aromatic carbocycles. The fourth-order valence-electron chi connectivity index (χ4n) is 1.22. The first-order valence-electron chi connectivity index (χ1n) is 5.06. The summed E-state index contributed by atoms with van der Waals surface area (Å²) in [4.78, 5) is 4.25. The Labute approximate surface area is 90.1 Å². The molecular formula is C10H19N3S. The number of nitrogens with zero attached hydrogens (tertiary/aromatic N) is 2. The number of unbranched alkanes of at least 4 members (excludes halogenated alkanes) is 1. The van der Waals surface area contributed by atoms with Gasteiger partial charge < -0.3 is 10.3 Å². The Morgan fingerprint density at radius 1 is 1.57 bits per heavy atom. The van der Waals surface area contributed by atoms with Crippen LogP contribution in [0.2, 0.25) is 0 Å². The molecule has 0 amide bonds. The van der Waals surface area contributed by atoms with E-state index < -0.39 is 0 Å². The van der Waals surface area contributed by atoms with E-state index in [-0.39, 0.29) is 0 Å². The summed E-state index contributed by atoms with van der Waals surface area (Å²) in [5, 5.41) is 1.10. The zero-order chi connectivity index (χ0) is 10.4. The molecule has 1 aromatic heterocycles. The predicted octanol–water partition coefficient (Wildman–Crippen LogP) is 2.03. The van der Waals surface area contributed by atoms with Crippen molar-refractivity contribution in [3.8, 4) is 0 Å². The van der Waals surface area contributed by atoms with E-state index in [0.29, 0.717) is 6.04 Å². The van der Waals surface area contributed by atoms with Crippen LogP contribution in [0, 0.1) is 0 Å². The number of aromatic nitrogens is 2.